The lowest BCUT2D eigenvalue weighted by Gasteiger charge is -2.02. The molecule has 0 aliphatic heterocycles. The molecule has 6 nitrogen and oxygen atoms in total. The molecular formula is C13H19ClN6. The molecule has 0 aromatic carbocycles. The SMILES string of the molecule is CCc1nn(C)c(Cn2cnc(CNC3CC3)n2)c1Cl. The molecule has 0 amide bonds. The van der Waals surface area contributed by atoms with Gasteiger partial charge in [-0.25, -0.2) is 9.67 Å². The van der Waals surface area contributed by atoms with Crippen LogP contribution in [0.4, 0.5) is 0 Å². The number of halogens is 1. The first-order valence-electron chi connectivity index (χ1n) is 6.99. The van der Waals surface area contributed by atoms with Crippen LogP contribution >= 0.6 is 11.6 Å². The largest absolute Gasteiger partial charge is 0.307 e. The molecule has 0 spiro atoms. The maximum Gasteiger partial charge on any atom is 0.164 e. The van der Waals surface area contributed by atoms with E-state index in [0.717, 1.165) is 35.2 Å². The van der Waals surface area contributed by atoms with Gasteiger partial charge in [0.05, 0.1) is 29.5 Å². The summed E-state index contributed by atoms with van der Waals surface area (Å²) >= 11 is 6.34. The van der Waals surface area contributed by atoms with E-state index in [1.807, 2.05) is 16.4 Å². The number of rotatable bonds is 6. The zero-order chi connectivity index (χ0) is 14.1. The molecule has 1 fully saturated rings. The Morgan fingerprint density at radius 3 is 2.85 bits per heavy atom. The van der Waals surface area contributed by atoms with Gasteiger partial charge in [0.25, 0.3) is 0 Å². The summed E-state index contributed by atoms with van der Waals surface area (Å²) in [5.41, 5.74) is 1.90. The van der Waals surface area contributed by atoms with E-state index in [2.05, 4.69) is 27.4 Å². The quantitative estimate of drug-likeness (QED) is 0.878. The van der Waals surface area contributed by atoms with Crippen molar-refractivity contribution in [3.05, 3.63) is 28.6 Å². The Balaban J connectivity index is 1.69. The molecule has 3 rings (SSSR count). The maximum absolute atomic E-state index is 6.34. The molecule has 7 heteroatoms. The molecule has 0 radical (unpaired) electrons. The summed E-state index contributed by atoms with van der Waals surface area (Å²) < 4.78 is 3.64. The number of aromatic nitrogens is 5. The van der Waals surface area contributed by atoms with Gasteiger partial charge in [-0.2, -0.15) is 10.2 Å². The lowest BCUT2D eigenvalue weighted by Crippen LogP contribution is -2.16. The second-order valence-corrected chi connectivity index (χ2v) is 5.58. The Morgan fingerprint density at radius 2 is 2.20 bits per heavy atom. The third kappa shape index (κ3) is 2.86. The van der Waals surface area contributed by atoms with Crippen LogP contribution in [0.25, 0.3) is 0 Å². The Bertz CT molecular complexity index is 598. The fraction of sp³-hybridized carbons (Fsp3) is 0.615. The number of hydrogen-bond acceptors (Lipinski definition) is 4. The first-order valence-corrected chi connectivity index (χ1v) is 7.37. The van der Waals surface area contributed by atoms with Crippen LogP contribution in [0.3, 0.4) is 0 Å². The number of nitrogens with zero attached hydrogens (tertiary/aromatic N) is 5. The molecule has 1 aliphatic carbocycles. The second-order valence-electron chi connectivity index (χ2n) is 5.20. The lowest BCUT2D eigenvalue weighted by atomic mass is 10.3. The molecule has 20 heavy (non-hydrogen) atoms. The van der Waals surface area contributed by atoms with E-state index in [4.69, 9.17) is 11.6 Å². The average molecular weight is 295 g/mol. The molecule has 1 N–H and O–H groups in total. The van der Waals surface area contributed by atoms with E-state index in [-0.39, 0.29) is 0 Å². The summed E-state index contributed by atoms with van der Waals surface area (Å²) in [5, 5.41) is 13.0. The molecule has 0 saturated heterocycles. The summed E-state index contributed by atoms with van der Waals surface area (Å²) in [7, 11) is 1.91. The molecule has 1 aliphatic rings. The number of aryl methyl sites for hydroxylation is 2. The van der Waals surface area contributed by atoms with Crippen LogP contribution in [-0.4, -0.2) is 30.6 Å². The Morgan fingerprint density at radius 1 is 1.40 bits per heavy atom. The minimum atomic E-state index is 0.596. The molecule has 0 atom stereocenters. The number of nitrogens with one attached hydrogen (secondary N) is 1. The molecule has 0 unspecified atom stereocenters. The van der Waals surface area contributed by atoms with E-state index < -0.39 is 0 Å². The van der Waals surface area contributed by atoms with Gasteiger partial charge < -0.3 is 5.32 Å². The fourth-order valence-electron chi connectivity index (χ4n) is 2.16. The fourth-order valence-corrected chi connectivity index (χ4v) is 2.51. The van der Waals surface area contributed by atoms with Crippen molar-refractivity contribution in [2.24, 2.45) is 7.05 Å². The Kier molecular flexibility index (Phi) is 3.76. The minimum Gasteiger partial charge on any atom is -0.307 e. The van der Waals surface area contributed by atoms with E-state index in [1.54, 1.807) is 6.33 Å². The number of hydrogen-bond donors (Lipinski definition) is 1. The van der Waals surface area contributed by atoms with Gasteiger partial charge in [-0.05, 0) is 19.3 Å². The van der Waals surface area contributed by atoms with Crippen molar-refractivity contribution in [1.82, 2.24) is 29.9 Å². The maximum atomic E-state index is 6.34. The average Bonchev–Trinajstić information content (AvgIpc) is 3.11. The van der Waals surface area contributed by atoms with Crippen LogP contribution < -0.4 is 5.32 Å². The minimum absolute atomic E-state index is 0.596. The van der Waals surface area contributed by atoms with Crippen LogP contribution in [0, 0.1) is 0 Å². The van der Waals surface area contributed by atoms with E-state index in [1.165, 1.54) is 12.8 Å². The van der Waals surface area contributed by atoms with Crippen LogP contribution in [0.1, 0.15) is 37.0 Å². The monoisotopic (exact) mass is 294 g/mol. The van der Waals surface area contributed by atoms with E-state index in [0.29, 0.717) is 12.6 Å². The molecule has 2 aromatic heterocycles. The second kappa shape index (κ2) is 5.54. The zero-order valence-electron chi connectivity index (χ0n) is 11.8. The first-order chi connectivity index (χ1) is 9.67. The molecule has 2 heterocycles. The molecule has 108 valence electrons. The molecular weight excluding hydrogens is 276 g/mol. The van der Waals surface area contributed by atoms with Gasteiger partial charge in [0.1, 0.15) is 6.33 Å². The van der Waals surface area contributed by atoms with Gasteiger partial charge in [0, 0.05) is 13.1 Å². The zero-order valence-corrected chi connectivity index (χ0v) is 12.6. The van der Waals surface area contributed by atoms with Gasteiger partial charge in [0.2, 0.25) is 0 Å². The smallest absolute Gasteiger partial charge is 0.164 e. The van der Waals surface area contributed by atoms with Crippen molar-refractivity contribution in [3.63, 3.8) is 0 Å². The highest BCUT2D eigenvalue weighted by Gasteiger charge is 2.20. The molecule has 0 bridgehead atoms. The summed E-state index contributed by atoms with van der Waals surface area (Å²) in [4.78, 5) is 4.31. The summed E-state index contributed by atoms with van der Waals surface area (Å²) in [6.07, 6.45) is 5.12. The van der Waals surface area contributed by atoms with E-state index in [9.17, 15) is 0 Å². The highest BCUT2D eigenvalue weighted by molar-refractivity contribution is 6.31. The van der Waals surface area contributed by atoms with Crippen molar-refractivity contribution in [2.75, 3.05) is 0 Å². The van der Waals surface area contributed by atoms with Gasteiger partial charge in [0.15, 0.2) is 5.82 Å². The van der Waals surface area contributed by atoms with Gasteiger partial charge >= 0.3 is 0 Å². The van der Waals surface area contributed by atoms with Crippen molar-refractivity contribution < 1.29 is 0 Å². The van der Waals surface area contributed by atoms with Crippen molar-refractivity contribution in [2.45, 2.75) is 45.3 Å². The standard InChI is InChI=1S/C13H19ClN6/c1-3-10-13(14)11(19(2)17-10)7-20-8-16-12(18-20)6-15-9-4-5-9/h8-9,15H,3-7H2,1-2H3. The van der Waals surface area contributed by atoms with Crippen molar-refractivity contribution in [3.8, 4) is 0 Å². The summed E-state index contributed by atoms with van der Waals surface area (Å²) in [6, 6.07) is 0.667. The lowest BCUT2D eigenvalue weighted by molar-refractivity contribution is 0.598. The van der Waals surface area contributed by atoms with E-state index >= 15 is 0 Å². The van der Waals surface area contributed by atoms with Gasteiger partial charge in [-0.15, -0.1) is 0 Å². The van der Waals surface area contributed by atoms with Crippen LogP contribution in [0.15, 0.2) is 6.33 Å². The molecule has 1 saturated carbocycles. The first kappa shape index (κ1) is 13.6. The third-order valence-corrected chi connectivity index (χ3v) is 3.96. The van der Waals surface area contributed by atoms with Gasteiger partial charge in [-0.3, -0.25) is 4.68 Å². The summed E-state index contributed by atoms with van der Waals surface area (Å²) in [5.74, 6) is 0.825. The normalized spacial score (nSPS) is 14.9. The van der Waals surface area contributed by atoms with Crippen LogP contribution in [0.2, 0.25) is 5.02 Å². The van der Waals surface area contributed by atoms with Crippen molar-refractivity contribution in [1.29, 1.82) is 0 Å². The predicted molar refractivity (Wildman–Crippen MR) is 76.6 cm³/mol. The highest BCUT2D eigenvalue weighted by atomic mass is 35.5. The van der Waals surface area contributed by atoms with Crippen molar-refractivity contribution >= 4 is 11.6 Å². The Hall–Kier alpha value is -1.40. The molecule has 2 aromatic rings. The highest BCUT2D eigenvalue weighted by Crippen LogP contribution is 2.21. The Labute approximate surface area is 123 Å². The topological polar surface area (TPSA) is 60.6 Å². The predicted octanol–water partition coefficient (Wildman–Crippen LogP) is 1.53. The summed E-state index contributed by atoms with van der Waals surface area (Å²) in [6.45, 7) is 3.38. The van der Waals surface area contributed by atoms with Crippen LogP contribution in [0.5, 0.6) is 0 Å². The van der Waals surface area contributed by atoms with Gasteiger partial charge in [-0.1, -0.05) is 18.5 Å². The van der Waals surface area contributed by atoms with Crippen LogP contribution in [-0.2, 0) is 26.6 Å². The third-order valence-electron chi connectivity index (χ3n) is 3.52.